The molecule has 1 heterocycles. The van der Waals surface area contributed by atoms with Gasteiger partial charge in [-0.2, -0.15) is 0 Å². The number of rotatable bonds is 2. The summed E-state index contributed by atoms with van der Waals surface area (Å²) in [5.41, 5.74) is 1.09. The third kappa shape index (κ3) is 2.95. The molecule has 16 heavy (non-hydrogen) atoms. The van der Waals surface area contributed by atoms with Crippen molar-refractivity contribution < 1.29 is 4.79 Å². The maximum atomic E-state index is 11.6. The Morgan fingerprint density at radius 2 is 2.19 bits per heavy atom. The average Bonchev–Trinajstić information content (AvgIpc) is 2.70. The monoisotopic (exact) mass is 219 g/mol. The second kappa shape index (κ2) is 4.96. The number of nitrogens with one attached hydrogen (secondary N) is 2. The minimum Gasteiger partial charge on any atom is -0.335 e. The standard InChI is InChI=1S/C12H17N3O/c1-9-6-7-13-11(8-9)15-12(16)14-10-4-2-3-5-10/h6-8,10H,2-5H2,1H3,(H2,13,14,15,16). The highest BCUT2D eigenvalue weighted by Gasteiger charge is 2.16. The Balaban J connectivity index is 1.86. The Morgan fingerprint density at radius 3 is 2.88 bits per heavy atom. The molecule has 0 spiro atoms. The molecule has 0 unspecified atom stereocenters. The second-order valence-electron chi connectivity index (χ2n) is 4.30. The zero-order chi connectivity index (χ0) is 11.4. The van der Waals surface area contributed by atoms with Gasteiger partial charge in [-0.05, 0) is 37.5 Å². The number of nitrogens with zero attached hydrogens (tertiary/aromatic N) is 1. The van der Waals surface area contributed by atoms with Crippen molar-refractivity contribution in [3.05, 3.63) is 23.9 Å². The molecule has 0 saturated heterocycles. The zero-order valence-electron chi connectivity index (χ0n) is 9.49. The number of hydrogen-bond donors (Lipinski definition) is 2. The van der Waals surface area contributed by atoms with Crippen LogP contribution in [0.5, 0.6) is 0 Å². The number of hydrogen-bond acceptors (Lipinski definition) is 2. The summed E-state index contributed by atoms with van der Waals surface area (Å²) in [6.45, 7) is 1.97. The summed E-state index contributed by atoms with van der Waals surface area (Å²) in [5.74, 6) is 0.607. The number of pyridine rings is 1. The van der Waals surface area contributed by atoms with E-state index in [9.17, 15) is 4.79 Å². The van der Waals surface area contributed by atoms with Gasteiger partial charge in [-0.25, -0.2) is 9.78 Å². The van der Waals surface area contributed by atoms with Gasteiger partial charge in [-0.15, -0.1) is 0 Å². The summed E-state index contributed by atoms with van der Waals surface area (Å²) < 4.78 is 0. The maximum absolute atomic E-state index is 11.6. The van der Waals surface area contributed by atoms with E-state index in [4.69, 9.17) is 0 Å². The molecule has 4 heteroatoms. The van der Waals surface area contributed by atoms with Gasteiger partial charge in [-0.1, -0.05) is 12.8 Å². The number of urea groups is 1. The molecule has 86 valence electrons. The van der Waals surface area contributed by atoms with Crippen molar-refractivity contribution >= 4 is 11.8 Å². The van der Waals surface area contributed by atoms with Gasteiger partial charge in [0, 0.05) is 12.2 Å². The van der Waals surface area contributed by atoms with Crippen molar-refractivity contribution in [2.24, 2.45) is 0 Å². The molecule has 2 N–H and O–H groups in total. The molecule has 1 aromatic heterocycles. The van der Waals surface area contributed by atoms with Gasteiger partial charge in [0.15, 0.2) is 0 Å². The minimum absolute atomic E-state index is 0.148. The molecular formula is C12H17N3O. The summed E-state index contributed by atoms with van der Waals surface area (Å²) in [5, 5.41) is 5.71. The smallest absolute Gasteiger partial charge is 0.320 e. The van der Waals surface area contributed by atoms with Crippen LogP contribution in [0, 0.1) is 6.92 Å². The van der Waals surface area contributed by atoms with Gasteiger partial charge >= 0.3 is 6.03 Å². The Labute approximate surface area is 95.5 Å². The Bertz CT molecular complexity index is 372. The lowest BCUT2D eigenvalue weighted by Gasteiger charge is -2.12. The predicted molar refractivity (Wildman–Crippen MR) is 63.4 cm³/mol. The van der Waals surface area contributed by atoms with Crippen LogP contribution in [0.3, 0.4) is 0 Å². The van der Waals surface area contributed by atoms with Crippen molar-refractivity contribution in [2.45, 2.75) is 38.6 Å². The first kappa shape index (κ1) is 10.9. The molecule has 2 amide bonds. The lowest BCUT2D eigenvalue weighted by atomic mass is 10.2. The van der Waals surface area contributed by atoms with E-state index < -0.39 is 0 Å². The maximum Gasteiger partial charge on any atom is 0.320 e. The molecule has 1 aliphatic rings. The van der Waals surface area contributed by atoms with E-state index in [1.54, 1.807) is 6.20 Å². The normalized spacial score (nSPS) is 16.1. The highest BCUT2D eigenvalue weighted by atomic mass is 16.2. The third-order valence-corrected chi connectivity index (χ3v) is 2.85. The molecule has 0 radical (unpaired) electrons. The van der Waals surface area contributed by atoms with Crippen molar-refractivity contribution in [3.63, 3.8) is 0 Å². The van der Waals surface area contributed by atoms with Crippen LogP contribution in [0.15, 0.2) is 18.3 Å². The molecule has 0 bridgehead atoms. The fraction of sp³-hybridized carbons (Fsp3) is 0.500. The van der Waals surface area contributed by atoms with Crippen LogP contribution in [-0.2, 0) is 0 Å². The average molecular weight is 219 g/mol. The Morgan fingerprint density at radius 1 is 1.44 bits per heavy atom. The fourth-order valence-electron chi connectivity index (χ4n) is 2.01. The van der Waals surface area contributed by atoms with Crippen LogP contribution < -0.4 is 10.6 Å². The Kier molecular flexibility index (Phi) is 3.39. The first-order chi connectivity index (χ1) is 7.74. The number of anilines is 1. The highest BCUT2D eigenvalue weighted by Crippen LogP contribution is 2.17. The molecule has 0 aromatic carbocycles. The number of amides is 2. The van der Waals surface area contributed by atoms with Crippen LogP contribution >= 0.6 is 0 Å². The minimum atomic E-state index is -0.148. The van der Waals surface area contributed by atoms with Crippen LogP contribution in [0.25, 0.3) is 0 Å². The Hall–Kier alpha value is -1.58. The molecular weight excluding hydrogens is 202 g/mol. The zero-order valence-corrected chi connectivity index (χ0v) is 9.49. The number of carbonyl (C=O) groups excluding carboxylic acids is 1. The first-order valence-electron chi connectivity index (χ1n) is 5.74. The molecule has 4 nitrogen and oxygen atoms in total. The number of aromatic nitrogens is 1. The summed E-state index contributed by atoms with van der Waals surface area (Å²) >= 11 is 0. The van der Waals surface area contributed by atoms with E-state index in [2.05, 4.69) is 15.6 Å². The topological polar surface area (TPSA) is 54.0 Å². The van der Waals surface area contributed by atoms with E-state index in [0.29, 0.717) is 11.9 Å². The predicted octanol–water partition coefficient (Wildman–Crippen LogP) is 2.45. The first-order valence-corrected chi connectivity index (χ1v) is 5.74. The van der Waals surface area contributed by atoms with Crippen LogP contribution in [-0.4, -0.2) is 17.1 Å². The summed E-state index contributed by atoms with van der Waals surface area (Å²) in [6, 6.07) is 3.95. The van der Waals surface area contributed by atoms with Gasteiger partial charge in [0.05, 0.1) is 0 Å². The van der Waals surface area contributed by atoms with E-state index in [1.807, 2.05) is 19.1 Å². The molecule has 1 saturated carbocycles. The summed E-state index contributed by atoms with van der Waals surface area (Å²) in [7, 11) is 0. The van der Waals surface area contributed by atoms with Gasteiger partial charge < -0.3 is 5.32 Å². The fourth-order valence-corrected chi connectivity index (χ4v) is 2.01. The van der Waals surface area contributed by atoms with Gasteiger partial charge in [-0.3, -0.25) is 5.32 Å². The van der Waals surface area contributed by atoms with E-state index in [-0.39, 0.29) is 6.03 Å². The van der Waals surface area contributed by atoms with E-state index in [0.717, 1.165) is 18.4 Å². The van der Waals surface area contributed by atoms with Gasteiger partial charge in [0.25, 0.3) is 0 Å². The van der Waals surface area contributed by atoms with Gasteiger partial charge in [0.1, 0.15) is 5.82 Å². The number of carbonyl (C=O) groups is 1. The van der Waals surface area contributed by atoms with Crippen molar-refractivity contribution in [2.75, 3.05) is 5.32 Å². The largest absolute Gasteiger partial charge is 0.335 e. The lowest BCUT2D eigenvalue weighted by Crippen LogP contribution is -2.36. The second-order valence-corrected chi connectivity index (χ2v) is 4.30. The highest BCUT2D eigenvalue weighted by molar-refractivity contribution is 5.88. The summed E-state index contributed by atoms with van der Waals surface area (Å²) in [6.07, 6.45) is 6.31. The molecule has 0 atom stereocenters. The molecule has 2 rings (SSSR count). The van der Waals surface area contributed by atoms with Gasteiger partial charge in [0.2, 0.25) is 0 Å². The van der Waals surface area contributed by atoms with Crippen LogP contribution in [0.1, 0.15) is 31.2 Å². The van der Waals surface area contributed by atoms with Crippen molar-refractivity contribution in [1.82, 2.24) is 10.3 Å². The third-order valence-electron chi connectivity index (χ3n) is 2.85. The molecule has 1 aromatic rings. The SMILES string of the molecule is Cc1ccnc(NC(=O)NC2CCCC2)c1. The van der Waals surface area contributed by atoms with Crippen molar-refractivity contribution in [3.8, 4) is 0 Å². The van der Waals surface area contributed by atoms with Crippen LogP contribution in [0.2, 0.25) is 0 Å². The molecule has 1 aliphatic carbocycles. The lowest BCUT2D eigenvalue weighted by molar-refractivity contribution is 0.248. The summed E-state index contributed by atoms with van der Waals surface area (Å²) in [4.78, 5) is 15.7. The molecule has 1 fully saturated rings. The van der Waals surface area contributed by atoms with Crippen molar-refractivity contribution in [1.29, 1.82) is 0 Å². The number of aryl methyl sites for hydroxylation is 1. The van der Waals surface area contributed by atoms with E-state index in [1.165, 1.54) is 12.8 Å². The van der Waals surface area contributed by atoms with E-state index >= 15 is 0 Å². The quantitative estimate of drug-likeness (QED) is 0.802. The molecule has 0 aliphatic heterocycles. The van der Waals surface area contributed by atoms with Crippen LogP contribution in [0.4, 0.5) is 10.6 Å².